The van der Waals surface area contributed by atoms with Gasteiger partial charge in [0.25, 0.3) is 0 Å². The zero-order valence-electron chi connectivity index (χ0n) is 5.63. The summed E-state index contributed by atoms with van der Waals surface area (Å²) in [5.41, 5.74) is 0. The first-order valence-corrected chi connectivity index (χ1v) is 3.63. The molecular formula is C4H8N2O3S. The molecule has 0 rings (SSSR count). The molecule has 0 bridgehead atoms. The second kappa shape index (κ2) is 3.99. The first-order valence-electron chi connectivity index (χ1n) is 2.48. The maximum atomic E-state index is 10.5. The molecule has 0 aliphatic carbocycles. The number of hydrogen-bond acceptors (Lipinski definition) is 3. The van der Waals surface area contributed by atoms with Crippen LogP contribution >= 0.6 is 0 Å². The molecule has 0 heterocycles. The molecule has 6 heteroatoms. The fourth-order valence-corrected chi connectivity index (χ4v) is 0.860. The minimum Gasteiger partial charge on any atom is -0.274 e. The molecule has 10 heavy (non-hydrogen) atoms. The van der Waals surface area contributed by atoms with Crippen molar-refractivity contribution in [3.8, 4) is 0 Å². The van der Waals surface area contributed by atoms with Gasteiger partial charge in [-0.3, -0.25) is 19.0 Å². The molecule has 0 saturated heterocycles. The number of carbonyl (C=O) groups excluding carboxylic acids is 2. The van der Waals surface area contributed by atoms with Gasteiger partial charge in [0.1, 0.15) is 0 Å². The average molecular weight is 164 g/mol. The van der Waals surface area contributed by atoms with Gasteiger partial charge in [-0.1, -0.05) is 0 Å². The number of hydrogen-bond donors (Lipinski definition) is 2. The summed E-state index contributed by atoms with van der Waals surface area (Å²) in [6.07, 6.45) is 0. The van der Waals surface area contributed by atoms with Gasteiger partial charge >= 0.3 is 0 Å². The Balaban J connectivity index is 3.65. The van der Waals surface area contributed by atoms with E-state index in [2.05, 4.69) is 0 Å². The largest absolute Gasteiger partial charge is 0.274 e. The molecule has 2 N–H and O–H groups in total. The summed E-state index contributed by atoms with van der Waals surface area (Å²) < 4.78 is 14.5. The van der Waals surface area contributed by atoms with Crippen LogP contribution in [0.5, 0.6) is 0 Å². The number of carbonyl (C=O) groups is 2. The van der Waals surface area contributed by atoms with Gasteiger partial charge in [-0.25, -0.2) is 4.21 Å². The highest BCUT2D eigenvalue weighted by atomic mass is 32.2. The Morgan fingerprint density at radius 2 is 1.40 bits per heavy atom. The SMILES string of the molecule is CC(=O)NS(=O)NC(C)=O. The van der Waals surface area contributed by atoms with Crippen molar-refractivity contribution < 1.29 is 13.8 Å². The molecule has 0 aromatic carbocycles. The molecule has 0 spiro atoms. The minimum atomic E-state index is -1.78. The van der Waals surface area contributed by atoms with E-state index in [1.54, 1.807) is 0 Å². The molecule has 0 aliphatic rings. The second-order valence-electron chi connectivity index (χ2n) is 1.59. The molecule has 0 aromatic heterocycles. The Labute approximate surface area is 60.9 Å². The maximum absolute atomic E-state index is 10.5. The number of rotatable bonds is 2. The summed E-state index contributed by atoms with van der Waals surface area (Å²) in [7, 11) is 0. The summed E-state index contributed by atoms with van der Waals surface area (Å²) in [5, 5.41) is 0. The Bertz CT molecular complexity index is 161. The Hall–Kier alpha value is -0.910. The van der Waals surface area contributed by atoms with E-state index in [0.29, 0.717) is 0 Å². The van der Waals surface area contributed by atoms with Crippen LogP contribution in [-0.4, -0.2) is 16.0 Å². The summed E-state index contributed by atoms with van der Waals surface area (Å²) >= 11 is -1.78. The van der Waals surface area contributed by atoms with Crippen molar-refractivity contribution in [2.45, 2.75) is 13.8 Å². The molecule has 0 atom stereocenters. The number of amides is 2. The highest BCUT2D eigenvalue weighted by Crippen LogP contribution is 1.68. The molecule has 0 fully saturated rings. The minimum absolute atomic E-state index is 0.452. The maximum Gasteiger partial charge on any atom is 0.229 e. The molecule has 2 amide bonds. The molecule has 5 nitrogen and oxygen atoms in total. The van der Waals surface area contributed by atoms with Gasteiger partial charge in [-0.05, 0) is 0 Å². The standard InChI is InChI=1S/C4H8N2O3S/c1-3(7)5-10(9)6-4(2)8/h1-2H3,(H,5,7)(H,6,8). The molecule has 0 aliphatic heterocycles. The zero-order chi connectivity index (χ0) is 8.15. The lowest BCUT2D eigenvalue weighted by molar-refractivity contribution is -0.117. The van der Waals surface area contributed by atoms with E-state index in [4.69, 9.17) is 0 Å². The molecule has 0 unspecified atom stereocenters. The van der Waals surface area contributed by atoms with Crippen molar-refractivity contribution in [2.24, 2.45) is 0 Å². The van der Waals surface area contributed by atoms with Gasteiger partial charge < -0.3 is 0 Å². The summed E-state index contributed by atoms with van der Waals surface area (Å²) in [6, 6.07) is 0. The third-order valence-electron chi connectivity index (χ3n) is 0.473. The Kier molecular flexibility index (Phi) is 3.63. The average Bonchev–Trinajstić information content (AvgIpc) is 1.58. The van der Waals surface area contributed by atoms with Crippen LogP contribution in [0.3, 0.4) is 0 Å². The van der Waals surface area contributed by atoms with E-state index >= 15 is 0 Å². The quantitative estimate of drug-likeness (QED) is 0.540. The van der Waals surface area contributed by atoms with Crippen molar-refractivity contribution in [2.75, 3.05) is 0 Å². The molecule has 58 valence electrons. The van der Waals surface area contributed by atoms with E-state index in [1.165, 1.54) is 13.8 Å². The smallest absolute Gasteiger partial charge is 0.229 e. The van der Waals surface area contributed by atoms with Crippen LogP contribution in [0.1, 0.15) is 13.8 Å². The first-order chi connectivity index (χ1) is 4.52. The van der Waals surface area contributed by atoms with E-state index in [9.17, 15) is 13.8 Å². The summed E-state index contributed by atoms with van der Waals surface area (Å²) in [4.78, 5) is 20.4. The van der Waals surface area contributed by atoms with Crippen molar-refractivity contribution in [3.05, 3.63) is 0 Å². The predicted molar refractivity (Wildman–Crippen MR) is 35.8 cm³/mol. The topological polar surface area (TPSA) is 75.3 Å². The fraction of sp³-hybridized carbons (Fsp3) is 0.500. The van der Waals surface area contributed by atoms with Gasteiger partial charge in [0.05, 0.1) is 0 Å². The van der Waals surface area contributed by atoms with Crippen LogP contribution in [0.4, 0.5) is 0 Å². The fourth-order valence-electron chi connectivity index (χ4n) is 0.287. The van der Waals surface area contributed by atoms with Gasteiger partial charge in [0.15, 0.2) is 0 Å². The Morgan fingerprint density at radius 3 is 1.60 bits per heavy atom. The van der Waals surface area contributed by atoms with Crippen LogP contribution in [0, 0.1) is 0 Å². The van der Waals surface area contributed by atoms with Gasteiger partial charge in [0.2, 0.25) is 23.0 Å². The van der Waals surface area contributed by atoms with Crippen molar-refractivity contribution in [1.29, 1.82) is 0 Å². The molecular weight excluding hydrogens is 156 g/mol. The highest BCUT2D eigenvalue weighted by Gasteiger charge is 2.00. The van der Waals surface area contributed by atoms with Crippen LogP contribution < -0.4 is 9.44 Å². The van der Waals surface area contributed by atoms with E-state index < -0.39 is 23.0 Å². The normalized spacial score (nSPS) is 9.10. The lowest BCUT2D eigenvalue weighted by Gasteiger charge is -1.99. The van der Waals surface area contributed by atoms with Crippen molar-refractivity contribution >= 4 is 23.0 Å². The first kappa shape index (κ1) is 9.09. The molecule has 0 saturated carbocycles. The third kappa shape index (κ3) is 5.23. The second-order valence-corrected chi connectivity index (χ2v) is 2.53. The van der Waals surface area contributed by atoms with Gasteiger partial charge in [-0.15, -0.1) is 0 Å². The van der Waals surface area contributed by atoms with Crippen LogP contribution in [0.25, 0.3) is 0 Å². The van der Waals surface area contributed by atoms with Crippen molar-refractivity contribution in [1.82, 2.24) is 9.44 Å². The van der Waals surface area contributed by atoms with Gasteiger partial charge in [0, 0.05) is 13.8 Å². The zero-order valence-corrected chi connectivity index (χ0v) is 6.45. The van der Waals surface area contributed by atoms with Crippen LogP contribution in [-0.2, 0) is 20.8 Å². The summed E-state index contributed by atoms with van der Waals surface area (Å²) in [5.74, 6) is -0.904. The molecule has 0 radical (unpaired) electrons. The number of nitrogens with one attached hydrogen (secondary N) is 2. The van der Waals surface area contributed by atoms with Gasteiger partial charge in [-0.2, -0.15) is 0 Å². The van der Waals surface area contributed by atoms with Crippen molar-refractivity contribution in [3.63, 3.8) is 0 Å². The van der Waals surface area contributed by atoms with Crippen LogP contribution in [0.2, 0.25) is 0 Å². The lowest BCUT2D eigenvalue weighted by Crippen LogP contribution is -2.35. The van der Waals surface area contributed by atoms with E-state index in [-0.39, 0.29) is 0 Å². The van der Waals surface area contributed by atoms with Crippen LogP contribution in [0.15, 0.2) is 0 Å². The van der Waals surface area contributed by atoms with E-state index in [0.717, 1.165) is 0 Å². The lowest BCUT2D eigenvalue weighted by atomic mass is 10.8. The monoisotopic (exact) mass is 164 g/mol. The van der Waals surface area contributed by atoms with E-state index in [1.807, 2.05) is 9.44 Å². The third-order valence-corrected chi connectivity index (χ3v) is 1.42. The highest BCUT2D eigenvalue weighted by molar-refractivity contribution is 7.82. The molecule has 0 aromatic rings. The predicted octanol–water partition coefficient (Wildman–Crippen LogP) is -1.16. The summed E-state index contributed by atoms with van der Waals surface area (Å²) in [6.45, 7) is 2.42. The Morgan fingerprint density at radius 1 is 1.10 bits per heavy atom.